The van der Waals surface area contributed by atoms with E-state index in [2.05, 4.69) is 42.8 Å². The number of pyridine rings is 1. The molecular weight excluding hydrogens is 330 g/mol. The summed E-state index contributed by atoms with van der Waals surface area (Å²) in [6.45, 7) is 6.52. The van der Waals surface area contributed by atoms with Gasteiger partial charge in [0.05, 0.1) is 12.2 Å². The average molecular weight is 351 g/mol. The van der Waals surface area contributed by atoms with Gasteiger partial charge in [0.1, 0.15) is 5.69 Å². The lowest BCUT2D eigenvalue weighted by molar-refractivity contribution is 0.0526. The molecule has 3 nitrogen and oxygen atoms in total. The second kappa shape index (κ2) is 7.76. The van der Waals surface area contributed by atoms with E-state index in [4.69, 9.17) is 4.74 Å². The van der Waals surface area contributed by atoms with Crippen LogP contribution in [0.3, 0.4) is 0 Å². The zero-order chi connectivity index (χ0) is 17.8. The van der Waals surface area contributed by atoms with Crippen molar-refractivity contribution in [3.63, 3.8) is 0 Å². The van der Waals surface area contributed by atoms with E-state index in [0.717, 1.165) is 5.56 Å². The number of nitrogens with zero attached hydrogens (tertiary/aromatic N) is 1. The molecule has 0 N–H and O–H groups in total. The van der Waals surface area contributed by atoms with Gasteiger partial charge in [0.2, 0.25) is 0 Å². The summed E-state index contributed by atoms with van der Waals surface area (Å²) in [5.74, 6) is 7.75. The van der Waals surface area contributed by atoms with Gasteiger partial charge >= 0.3 is 5.97 Å². The van der Waals surface area contributed by atoms with E-state index in [1.165, 1.54) is 34.4 Å². The van der Waals surface area contributed by atoms with E-state index in [9.17, 15) is 4.79 Å². The van der Waals surface area contributed by atoms with Gasteiger partial charge in [-0.05, 0) is 73.3 Å². The molecule has 1 aromatic carbocycles. The Morgan fingerprint density at radius 2 is 2.20 bits per heavy atom. The zero-order valence-corrected chi connectivity index (χ0v) is 15.6. The molecule has 0 aliphatic carbocycles. The Morgan fingerprint density at radius 3 is 2.92 bits per heavy atom. The Labute approximate surface area is 153 Å². The number of ether oxygens (including phenoxy) is 1. The van der Waals surface area contributed by atoms with Crippen LogP contribution in [0.2, 0.25) is 0 Å². The first kappa shape index (κ1) is 17.6. The summed E-state index contributed by atoms with van der Waals surface area (Å²) in [6.07, 6.45) is 2.73. The topological polar surface area (TPSA) is 39.2 Å². The van der Waals surface area contributed by atoms with Crippen LogP contribution in [0.4, 0.5) is 0 Å². The first-order valence-corrected chi connectivity index (χ1v) is 9.49. The molecule has 0 spiro atoms. The highest BCUT2D eigenvalue weighted by Gasteiger charge is 2.18. The molecule has 3 rings (SSSR count). The number of hydrogen-bond donors (Lipinski definition) is 0. The monoisotopic (exact) mass is 351 g/mol. The average Bonchev–Trinajstić information content (AvgIpc) is 2.61. The smallest absolute Gasteiger partial charge is 0.339 e. The number of aromatic nitrogens is 1. The van der Waals surface area contributed by atoms with Crippen LogP contribution in [0.5, 0.6) is 0 Å². The summed E-state index contributed by atoms with van der Waals surface area (Å²) in [5, 5.41) is 0. The molecule has 1 atom stereocenters. The molecule has 0 saturated carbocycles. The van der Waals surface area contributed by atoms with Crippen LogP contribution >= 0.6 is 11.8 Å². The molecule has 0 saturated heterocycles. The molecule has 2 aromatic rings. The Balaban J connectivity index is 1.84. The second-order valence-electron chi connectivity index (χ2n) is 6.15. The van der Waals surface area contributed by atoms with E-state index in [-0.39, 0.29) is 5.97 Å². The summed E-state index contributed by atoms with van der Waals surface area (Å²) in [5.41, 5.74) is 4.73. The number of thioether (sulfide) groups is 1. The number of carbonyl (C=O) groups excluding carboxylic acids is 1. The minimum absolute atomic E-state index is 0.355. The lowest BCUT2D eigenvalue weighted by Gasteiger charge is -2.22. The van der Waals surface area contributed by atoms with Gasteiger partial charge in [-0.2, -0.15) is 0 Å². The van der Waals surface area contributed by atoms with Gasteiger partial charge < -0.3 is 4.74 Å². The van der Waals surface area contributed by atoms with Crippen molar-refractivity contribution in [3.05, 3.63) is 58.4 Å². The van der Waals surface area contributed by atoms with E-state index in [0.29, 0.717) is 23.8 Å². The van der Waals surface area contributed by atoms with Crippen molar-refractivity contribution in [1.82, 2.24) is 4.98 Å². The van der Waals surface area contributed by atoms with E-state index in [1.807, 2.05) is 11.8 Å². The third-order valence-corrected chi connectivity index (χ3v) is 5.40. The minimum atomic E-state index is -0.355. The highest BCUT2D eigenvalue weighted by atomic mass is 32.2. The van der Waals surface area contributed by atoms with Gasteiger partial charge in [-0.3, -0.25) is 0 Å². The van der Waals surface area contributed by atoms with Crippen molar-refractivity contribution < 1.29 is 9.53 Å². The lowest BCUT2D eigenvalue weighted by atomic mass is 9.94. The van der Waals surface area contributed by atoms with E-state index < -0.39 is 0 Å². The van der Waals surface area contributed by atoms with Crippen LogP contribution in [0.25, 0.3) is 0 Å². The minimum Gasteiger partial charge on any atom is -0.462 e. The summed E-state index contributed by atoms with van der Waals surface area (Å²) < 4.78 is 4.96. The van der Waals surface area contributed by atoms with Crippen LogP contribution in [0, 0.1) is 18.8 Å². The molecule has 1 aromatic heterocycles. The third kappa shape index (κ3) is 4.05. The summed E-state index contributed by atoms with van der Waals surface area (Å²) in [4.78, 5) is 17.3. The molecule has 128 valence electrons. The van der Waals surface area contributed by atoms with Crippen molar-refractivity contribution in [2.75, 3.05) is 12.4 Å². The summed E-state index contributed by atoms with van der Waals surface area (Å²) in [6, 6.07) is 7.93. The number of rotatable bonds is 2. The largest absolute Gasteiger partial charge is 0.462 e. The van der Waals surface area contributed by atoms with Gasteiger partial charge in [0, 0.05) is 16.7 Å². The van der Waals surface area contributed by atoms with Crippen LogP contribution < -0.4 is 0 Å². The maximum absolute atomic E-state index is 11.6. The van der Waals surface area contributed by atoms with E-state index in [1.54, 1.807) is 19.1 Å². The molecule has 0 fully saturated rings. The Hall–Kier alpha value is -2.25. The molecular formula is C21H21NO2S. The van der Waals surface area contributed by atoms with Gasteiger partial charge in [0.25, 0.3) is 0 Å². The van der Waals surface area contributed by atoms with Crippen molar-refractivity contribution >= 4 is 17.7 Å². The second-order valence-corrected chi connectivity index (χ2v) is 7.28. The molecule has 2 heterocycles. The normalized spacial score (nSPS) is 15.7. The molecule has 0 bridgehead atoms. The van der Waals surface area contributed by atoms with Crippen LogP contribution in [0.1, 0.15) is 58.9 Å². The van der Waals surface area contributed by atoms with Gasteiger partial charge in [-0.1, -0.05) is 12.8 Å². The number of benzene rings is 1. The fourth-order valence-corrected chi connectivity index (χ4v) is 4.16. The summed E-state index contributed by atoms with van der Waals surface area (Å²) >= 11 is 1.93. The first-order chi connectivity index (χ1) is 12.1. The standard InChI is InChI=1S/C21H21NO2S/c1-4-24-21(23)17-6-8-18(22-13-17)7-5-16-12-19-14(2)9-10-25-20(19)11-15(16)3/h6,8,11-14H,4,9-10H2,1-3H3. The predicted molar refractivity (Wildman–Crippen MR) is 101 cm³/mol. The van der Waals surface area contributed by atoms with Gasteiger partial charge in [-0.25, -0.2) is 9.78 Å². The third-order valence-electron chi connectivity index (χ3n) is 4.30. The number of carbonyl (C=O) groups is 1. The molecule has 4 heteroatoms. The Bertz CT molecular complexity index is 847. The van der Waals surface area contributed by atoms with Crippen molar-refractivity contribution in [2.45, 2.75) is 38.0 Å². The SMILES string of the molecule is CCOC(=O)c1ccc(C#Cc2cc3c(cc2C)SCCC3C)nc1. The number of fused-ring (bicyclic) bond motifs is 1. The Morgan fingerprint density at radius 1 is 1.36 bits per heavy atom. The highest BCUT2D eigenvalue weighted by molar-refractivity contribution is 7.99. The van der Waals surface area contributed by atoms with Crippen molar-refractivity contribution in [3.8, 4) is 11.8 Å². The van der Waals surface area contributed by atoms with E-state index >= 15 is 0 Å². The number of esters is 1. The fraction of sp³-hybridized carbons (Fsp3) is 0.333. The maximum atomic E-state index is 11.6. The van der Waals surface area contributed by atoms with Crippen LogP contribution in [0.15, 0.2) is 35.4 Å². The highest BCUT2D eigenvalue weighted by Crippen LogP contribution is 2.38. The predicted octanol–water partition coefficient (Wildman–Crippen LogP) is 4.57. The molecule has 1 aliphatic heterocycles. The quantitative estimate of drug-likeness (QED) is 0.587. The maximum Gasteiger partial charge on any atom is 0.339 e. The zero-order valence-electron chi connectivity index (χ0n) is 14.8. The number of aryl methyl sites for hydroxylation is 1. The summed E-state index contributed by atoms with van der Waals surface area (Å²) in [7, 11) is 0. The fourth-order valence-electron chi connectivity index (χ4n) is 2.78. The van der Waals surface area contributed by atoms with Crippen molar-refractivity contribution in [1.29, 1.82) is 0 Å². The molecule has 1 unspecified atom stereocenters. The Kier molecular flexibility index (Phi) is 5.45. The van der Waals surface area contributed by atoms with Gasteiger partial charge in [-0.15, -0.1) is 11.8 Å². The molecule has 25 heavy (non-hydrogen) atoms. The lowest BCUT2D eigenvalue weighted by Crippen LogP contribution is -2.05. The molecule has 1 aliphatic rings. The van der Waals surface area contributed by atoms with Gasteiger partial charge in [0.15, 0.2) is 0 Å². The molecule has 0 amide bonds. The van der Waals surface area contributed by atoms with Crippen LogP contribution in [-0.2, 0) is 4.74 Å². The molecule has 0 radical (unpaired) electrons. The number of hydrogen-bond acceptors (Lipinski definition) is 4. The van der Waals surface area contributed by atoms with Crippen molar-refractivity contribution in [2.24, 2.45) is 0 Å². The van der Waals surface area contributed by atoms with Crippen LogP contribution in [-0.4, -0.2) is 23.3 Å². The first-order valence-electron chi connectivity index (χ1n) is 8.51.